The van der Waals surface area contributed by atoms with Crippen LogP contribution in [0.3, 0.4) is 0 Å². The third-order valence-electron chi connectivity index (χ3n) is 1.89. The van der Waals surface area contributed by atoms with Crippen LogP contribution in [0.1, 0.15) is 0 Å². The van der Waals surface area contributed by atoms with Crippen molar-refractivity contribution in [3.05, 3.63) is 37.4 Å². The zero-order chi connectivity index (χ0) is 10.5. The van der Waals surface area contributed by atoms with Crippen LogP contribution in [0.2, 0.25) is 0 Å². The third kappa shape index (κ3) is 2.25. The Kier molecular flexibility index (Phi) is 3.15. The maximum atomic E-state index is 4.37. The second-order valence-corrected chi connectivity index (χ2v) is 5.13. The van der Waals surface area contributed by atoms with Gasteiger partial charge >= 0.3 is 0 Å². The fraction of sp³-hybridized carbons (Fsp3) is 0.111. The van der Waals surface area contributed by atoms with Gasteiger partial charge in [0.1, 0.15) is 12.7 Å². The third-order valence-corrected chi connectivity index (χ3v) is 3.95. The standard InChI is InChI=1S/C9H10N5P/c1-10-15(8-2-11-6-12-3-8)9-4-13-7-14-5-9/h2-7,15H,1H3. The minimum Gasteiger partial charge on any atom is -0.300 e. The van der Waals surface area contributed by atoms with E-state index in [1.54, 1.807) is 31.8 Å². The summed E-state index contributed by atoms with van der Waals surface area (Å²) in [6.45, 7) is 0. The Balaban J connectivity index is 2.44. The number of nitrogens with zero attached hydrogens (tertiary/aromatic N) is 5. The summed E-state index contributed by atoms with van der Waals surface area (Å²) in [7, 11) is 0.636. The van der Waals surface area contributed by atoms with E-state index in [0.717, 1.165) is 10.6 Å². The Morgan fingerprint density at radius 2 is 1.27 bits per heavy atom. The van der Waals surface area contributed by atoms with E-state index in [2.05, 4.69) is 24.7 Å². The Hall–Kier alpha value is -1.61. The monoisotopic (exact) mass is 219 g/mol. The van der Waals surface area contributed by atoms with Crippen LogP contribution in [0, 0.1) is 0 Å². The van der Waals surface area contributed by atoms with Crippen LogP contribution in [0.25, 0.3) is 0 Å². The Labute approximate surface area is 88.1 Å². The molecule has 0 radical (unpaired) electrons. The maximum Gasteiger partial charge on any atom is 0.115 e. The minimum absolute atomic E-state index is 1.04. The predicted molar refractivity (Wildman–Crippen MR) is 60.0 cm³/mol. The van der Waals surface area contributed by atoms with E-state index in [-0.39, 0.29) is 0 Å². The van der Waals surface area contributed by atoms with Gasteiger partial charge in [-0.3, -0.25) is 0 Å². The average Bonchev–Trinajstić information content (AvgIpc) is 2.33. The van der Waals surface area contributed by atoms with E-state index in [9.17, 15) is 0 Å². The SMILES string of the molecule is CN=[PH](c1cncnc1)c1cncnc1. The molecule has 15 heavy (non-hydrogen) atoms. The van der Waals surface area contributed by atoms with E-state index in [1.165, 1.54) is 12.7 Å². The molecule has 2 heterocycles. The summed E-state index contributed by atoms with van der Waals surface area (Å²) in [5, 5.41) is 2.08. The lowest BCUT2D eigenvalue weighted by atomic mass is 10.7. The van der Waals surface area contributed by atoms with Gasteiger partial charge in [-0.05, 0) is 0 Å². The molecule has 0 amide bonds. The lowest BCUT2D eigenvalue weighted by molar-refractivity contribution is 1.18. The molecule has 5 nitrogen and oxygen atoms in total. The molecule has 0 saturated heterocycles. The molecule has 6 heteroatoms. The molecule has 2 aromatic rings. The first-order valence-electron chi connectivity index (χ1n) is 4.39. The molecule has 0 bridgehead atoms. The summed E-state index contributed by atoms with van der Waals surface area (Å²) in [4.78, 5) is 16.0. The first-order valence-corrected chi connectivity index (χ1v) is 5.84. The van der Waals surface area contributed by atoms with Crippen molar-refractivity contribution in [1.82, 2.24) is 19.9 Å². The fourth-order valence-electron chi connectivity index (χ4n) is 1.27. The van der Waals surface area contributed by atoms with E-state index in [0.29, 0.717) is 0 Å². The molecule has 0 aliphatic carbocycles. The van der Waals surface area contributed by atoms with Crippen LogP contribution in [0.4, 0.5) is 0 Å². The Morgan fingerprint density at radius 1 is 0.867 bits per heavy atom. The topological polar surface area (TPSA) is 63.9 Å². The molecule has 0 spiro atoms. The highest BCUT2D eigenvalue weighted by atomic mass is 31.1. The second-order valence-electron chi connectivity index (χ2n) is 2.83. The zero-order valence-electron chi connectivity index (χ0n) is 8.20. The number of hydrogen-bond acceptors (Lipinski definition) is 5. The maximum absolute atomic E-state index is 4.37. The van der Waals surface area contributed by atoms with Gasteiger partial charge in [0, 0.05) is 50.2 Å². The lowest BCUT2D eigenvalue weighted by Crippen LogP contribution is -2.09. The summed E-state index contributed by atoms with van der Waals surface area (Å²) in [5.41, 5.74) is 0. The smallest absolute Gasteiger partial charge is 0.115 e. The van der Waals surface area contributed by atoms with E-state index >= 15 is 0 Å². The molecule has 0 N–H and O–H groups in total. The summed E-state index contributed by atoms with van der Waals surface area (Å²) < 4.78 is 4.37. The lowest BCUT2D eigenvalue weighted by Gasteiger charge is -2.04. The van der Waals surface area contributed by atoms with Crippen LogP contribution in [0.15, 0.2) is 42.2 Å². The molecule has 0 aromatic carbocycles. The molecule has 0 atom stereocenters. The normalized spacial score (nSPS) is 10.3. The molecule has 0 unspecified atom stereocenters. The Bertz CT molecular complexity index is 415. The van der Waals surface area contributed by atoms with E-state index < -0.39 is 7.71 Å². The van der Waals surface area contributed by atoms with Gasteiger partial charge in [-0.2, -0.15) is 0 Å². The Morgan fingerprint density at radius 3 is 1.60 bits per heavy atom. The van der Waals surface area contributed by atoms with Gasteiger partial charge in [0.2, 0.25) is 0 Å². The van der Waals surface area contributed by atoms with Gasteiger partial charge in [0.05, 0.1) is 0 Å². The van der Waals surface area contributed by atoms with Crippen molar-refractivity contribution >= 4 is 18.3 Å². The molecule has 76 valence electrons. The largest absolute Gasteiger partial charge is 0.300 e. The second kappa shape index (κ2) is 4.75. The molecular weight excluding hydrogens is 209 g/mol. The highest BCUT2D eigenvalue weighted by Crippen LogP contribution is 2.20. The van der Waals surface area contributed by atoms with Gasteiger partial charge in [-0.1, -0.05) is 0 Å². The van der Waals surface area contributed by atoms with E-state index in [4.69, 9.17) is 0 Å². The minimum atomic E-state index is -1.16. The van der Waals surface area contributed by atoms with Crippen LogP contribution in [-0.2, 0) is 0 Å². The molecule has 0 aliphatic heterocycles. The van der Waals surface area contributed by atoms with Gasteiger partial charge in [-0.25, -0.2) is 19.9 Å². The predicted octanol–water partition coefficient (Wildman–Crippen LogP) is 0.245. The number of aromatic nitrogens is 4. The zero-order valence-corrected chi connectivity index (χ0v) is 9.20. The molecule has 0 fully saturated rings. The van der Waals surface area contributed by atoms with Crippen molar-refractivity contribution in [2.24, 2.45) is 4.74 Å². The molecular formula is C9H10N5P. The van der Waals surface area contributed by atoms with Crippen molar-refractivity contribution in [3.63, 3.8) is 0 Å². The van der Waals surface area contributed by atoms with E-state index in [1.807, 2.05) is 0 Å². The van der Waals surface area contributed by atoms with Crippen LogP contribution in [-0.4, -0.2) is 27.0 Å². The highest BCUT2D eigenvalue weighted by Gasteiger charge is 2.04. The molecule has 0 saturated carbocycles. The number of rotatable bonds is 2. The number of hydrogen-bond donors (Lipinski definition) is 0. The molecule has 2 aromatic heterocycles. The quantitative estimate of drug-likeness (QED) is 0.679. The van der Waals surface area contributed by atoms with Crippen molar-refractivity contribution < 1.29 is 0 Å². The summed E-state index contributed by atoms with van der Waals surface area (Å²) >= 11 is 0. The van der Waals surface area contributed by atoms with Gasteiger partial charge < -0.3 is 4.74 Å². The van der Waals surface area contributed by atoms with Crippen LogP contribution in [0.5, 0.6) is 0 Å². The van der Waals surface area contributed by atoms with Crippen molar-refractivity contribution in [1.29, 1.82) is 0 Å². The summed E-state index contributed by atoms with van der Waals surface area (Å²) in [6, 6.07) is 0. The van der Waals surface area contributed by atoms with Crippen LogP contribution < -0.4 is 10.6 Å². The average molecular weight is 219 g/mol. The van der Waals surface area contributed by atoms with Crippen molar-refractivity contribution in [3.8, 4) is 0 Å². The van der Waals surface area contributed by atoms with Crippen molar-refractivity contribution in [2.45, 2.75) is 0 Å². The van der Waals surface area contributed by atoms with Gasteiger partial charge in [-0.15, -0.1) is 0 Å². The van der Waals surface area contributed by atoms with Gasteiger partial charge in [0.15, 0.2) is 0 Å². The summed E-state index contributed by atoms with van der Waals surface area (Å²) in [5.74, 6) is 0. The van der Waals surface area contributed by atoms with Gasteiger partial charge in [0.25, 0.3) is 0 Å². The molecule has 2 rings (SSSR count). The van der Waals surface area contributed by atoms with Crippen molar-refractivity contribution in [2.75, 3.05) is 7.05 Å². The van der Waals surface area contributed by atoms with Crippen LogP contribution >= 0.6 is 7.71 Å². The fourth-order valence-corrected chi connectivity index (χ4v) is 2.90. The molecule has 0 aliphatic rings. The highest BCUT2D eigenvalue weighted by molar-refractivity contribution is 7.63. The summed E-state index contributed by atoms with van der Waals surface area (Å²) in [6.07, 6.45) is 10.2. The first kappa shape index (κ1) is 9.93. The first-order chi connectivity index (χ1) is 7.42.